The Hall–Kier alpha value is -1.17. The smallest absolute Gasteiger partial charge is 0.252 e. The van der Waals surface area contributed by atoms with Crippen molar-refractivity contribution in [3.63, 3.8) is 0 Å². The van der Waals surface area contributed by atoms with Crippen LogP contribution in [0.25, 0.3) is 0 Å². The molecule has 0 fully saturated rings. The maximum absolute atomic E-state index is 12.1. The van der Waals surface area contributed by atoms with Crippen molar-refractivity contribution in [2.75, 3.05) is 20.6 Å². The van der Waals surface area contributed by atoms with Crippen LogP contribution in [0.5, 0.6) is 0 Å². The number of aryl methyl sites for hydroxylation is 1. The van der Waals surface area contributed by atoms with E-state index in [1.54, 1.807) is 6.07 Å². The average Bonchev–Trinajstić information content (AvgIpc) is 3.08. The normalized spacial score (nSPS) is 12.0. The number of thiophene rings is 1. The Kier molecular flexibility index (Phi) is 9.71. The number of hydrogen-bond acceptors (Lipinski definition) is 4. The fraction of sp³-hybridized carbons (Fsp3) is 0.389. The number of sulfonamides is 1. The van der Waals surface area contributed by atoms with Crippen molar-refractivity contribution in [3.8, 4) is 0 Å². The largest absolute Gasteiger partial charge is 0.357 e. The van der Waals surface area contributed by atoms with E-state index >= 15 is 0 Å². The van der Waals surface area contributed by atoms with Gasteiger partial charge in [-0.1, -0.05) is 29.8 Å². The molecule has 1 aromatic heterocycles. The molecule has 0 saturated carbocycles. The van der Waals surface area contributed by atoms with Crippen molar-refractivity contribution < 1.29 is 8.42 Å². The predicted octanol–water partition coefficient (Wildman–Crippen LogP) is 3.18. The molecule has 0 saturated heterocycles. The van der Waals surface area contributed by atoms with E-state index in [0.29, 0.717) is 23.3 Å². The molecule has 0 unspecified atom stereocenters. The van der Waals surface area contributed by atoms with E-state index in [1.165, 1.54) is 35.3 Å². The Morgan fingerprint density at radius 1 is 1.11 bits per heavy atom. The quantitative estimate of drug-likeness (QED) is 0.333. The highest BCUT2D eigenvalue weighted by Gasteiger charge is 2.19. The van der Waals surface area contributed by atoms with Crippen molar-refractivity contribution in [3.05, 3.63) is 52.4 Å². The number of benzene rings is 1. The van der Waals surface area contributed by atoms with Crippen LogP contribution in [0.1, 0.15) is 22.9 Å². The third-order valence-electron chi connectivity index (χ3n) is 3.69. The topological polar surface area (TPSA) is 73.8 Å². The van der Waals surface area contributed by atoms with E-state index < -0.39 is 10.0 Å². The molecule has 0 amide bonds. The lowest BCUT2D eigenvalue weighted by Gasteiger charge is -2.11. The Morgan fingerprint density at radius 3 is 2.37 bits per heavy atom. The summed E-state index contributed by atoms with van der Waals surface area (Å²) in [7, 11) is -0.305. The summed E-state index contributed by atoms with van der Waals surface area (Å²) in [5, 5.41) is 6.46. The van der Waals surface area contributed by atoms with Crippen molar-refractivity contribution in [1.82, 2.24) is 14.9 Å². The zero-order valence-corrected chi connectivity index (χ0v) is 20.0. The summed E-state index contributed by atoms with van der Waals surface area (Å²) in [6, 6.07) is 11.8. The lowest BCUT2D eigenvalue weighted by molar-refractivity contribution is 0.523. The maximum Gasteiger partial charge on any atom is 0.252 e. The van der Waals surface area contributed by atoms with Crippen LogP contribution in [-0.2, 0) is 23.1 Å². The van der Waals surface area contributed by atoms with Gasteiger partial charge in [-0.3, -0.25) is 0 Å². The van der Waals surface area contributed by atoms with Gasteiger partial charge in [0.15, 0.2) is 5.96 Å². The Balaban J connectivity index is 0.00000364. The first-order valence-electron chi connectivity index (χ1n) is 8.42. The second-order valence-corrected chi connectivity index (χ2v) is 9.59. The van der Waals surface area contributed by atoms with Gasteiger partial charge in [0.1, 0.15) is 4.21 Å². The molecule has 2 N–H and O–H groups in total. The molecule has 2 rings (SSSR count). The van der Waals surface area contributed by atoms with Gasteiger partial charge < -0.3 is 10.6 Å². The van der Waals surface area contributed by atoms with E-state index in [9.17, 15) is 8.42 Å². The third-order valence-corrected chi connectivity index (χ3v) is 7.05. The van der Waals surface area contributed by atoms with E-state index in [0.717, 1.165) is 17.0 Å². The predicted molar refractivity (Wildman–Crippen MR) is 123 cm³/mol. The molecule has 0 spiro atoms. The monoisotopic (exact) mass is 522 g/mol. The number of hydrogen-bond donors (Lipinski definition) is 2. The fourth-order valence-corrected chi connectivity index (χ4v) is 4.61. The minimum Gasteiger partial charge on any atom is -0.357 e. The van der Waals surface area contributed by atoms with Gasteiger partial charge in [0, 0.05) is 25.5 Å². The van der Waals surface area contributed by atoms with Gasteiger partial charge >= 0.3 is 0 Å². The number of nitrogens with zero attached hydrogens (tertiary/aromatic N) is 2. The molecule has 0 aliphatic rings. The van der Waals surface area contributed by atoms with Gasteiger partial charge in [-0.15, -0.1) is 35.3 Å². The minimum absolute atomic E-state index is 0. The first-order chi connectivity index (χ1) is 12.3. The molecule has 1 heterocycles. The summed E-state index contributed by atoms with van der Waals surface area (Å²) in [5.74, 6) is 0.707. The van der Waals surface area contributed by atoms with Crippen molar-refractivity contribution >= 4 is 51.3 Å². The molecular weight excluding hydrogens is 495 g/mol. The summed E-state index contributed by atoms with van der Waals surface area (Å²) >= 11 is 1.27. The third kappa shape index (κ3) is 7.05. The van der Waals surface area contributed by atoms with E-state index in [4.69, 9.17) is 0 Å². The molecule has 0 bridgehead atoms. The molecule has 9 heteroatoms. The maximum atomic E-state index is 12.1. The summed E-state index contributed by atoms with van der Waals surface area (Å²) in [6.07, 6.45) is 0. The fourth-order valence-electron chi connectivity index (χ4n) is 2.15. The first kappa shape index (κ1) is 23.9. The second-order valence-electron chi connectivity index (χ2n) is 6.04. The molecule has 27 heavy (non-hydrogen) atoms. The Labute approximate surface area is 183 Å². The molecule has 0 aliphatic carbocycles. The molecule has 0 aliphatic heterocycles. The molecule has 0 atom stereocenters. The van der Waals surface area contributed by atoms with Gasteiger partial charge in [0.05, 0.1) is 13.1 Å². The lowest BCUT2D eigenvalue weighted by atomic mass is 10.1. The lowest BCUT2D eigenvalue weighted by Crippen LogP contribution is -2.36. The summed E-state index contributed by atoms with van der Waals surface area (Å²) in [6.45, 7) is 5.93. The zero-order chi connectivity index (χ0) is 19.2. The first-order valence-corrected chi connectivity index (χ1v) is 10.7. The molecule has 1 aromatic carbocycles. The number of rotatable bonds is 7. The zero-order valence-electron chi connectivity index (χ0n) is 16.0. The highest BCUT2D eigenvalue weighted by molar-refractivity contribution is 14.0. The molecule has 2 aromatic rings. The summed E-state index contributed by atoms with van der Waals surface area (Å²) in [5.41, 5.74) is 2.37. The van der Waals surface area contributed by atoms with Gasteiger partial charge in [0.2, 0.25) is 0 Å². The van der Waals surface area contributed by atoms with Crippen LogP contribution in [-0.4, -0.2) is 39.3 Å². The summed E-state index contributed by atoms with van der Waals surface area (Å²) < 4.78 is 25.9. The van der Waals surface area contributed by atoms with Crippen LogP contribution in [0.4, 0.5) is 0 Å². The van der Waals surface area contributed by atoms with E-state index in [1.807, 2.05) is 13.0 Å². The number of guanidine groups is 1. The van der Waals surface area contributed by atoms with Crippen molar-refractivity contribution in [1.29, 1.82) is 0 Å². The second kappa shape index (κ2) is 11.0. The minimum atomic E-state index is -3.38. The number of aliphatic imine (C=N–C) groups is 1. The van der Waals surface area contributed by atoms with E-state index in [-0.39, 0.29) is 24.0 Å². The summed E-state index contributed by atoms with van der Waals surface area (Å²) in [4.78, 5) is 5.52. The number of nitrogens with one attached hydrogen (secondary N) is 2. The van der Waals surface area contributed by atoms with Gasteiger partial charge in [-0.2, -0.15) is 0 Å². The highest BCUT2D eigenvalue weighted by Crippen LogP contribution is 2.23. The van der Waals surface area contributed by atoms with Crippen molar-refractivity contribution in [2.45, 2.75) is 31.1 Å². The van der Waals surface area contributed by atoms with Crippen molar-refractivity contribution in [2.24, 2.45) is 4.99 Å². The van der Waals surface area contributed by atoms with Crippen LogP contribution in [0.15, 0.2) is 45.6 Å². The van der Waals surface area contributed by atoms with Crippen LogP contribution >= 0.6 is 35.3 Å². The van der Waals surface area contributed by atoms with Gasteiger partial charge in [-0.25, -0.2) is 17.7 Å². The number of halogens is 1. The standard InChI is InChI=1S/C18H26N4O2S2.HI/c1-5-19-18(20-12-15-8-6-14(2)7-9-15)21-13-16-10-11-17(25-16)26(23,24)22(3)4;/h6-11H,5,12-13H2,1-4H3,(H2,19,20,21);1H. The molecular formula is C18H27IN4O2S2. The molecule has 6 nitrogen and oxygen atoms in total. The van der Waals surface area contributed by atoms with Crippen LogP contribution in [0.2, 0.25) is 0 Å². The molecule has 150 valence electrons. The highest BCUT2D eigenvalue weighted by atomic mass is 127. The van der Waals surface area contributed by atoms with E-state index in [2.05, 4.69) is 46.8 Å². The van der Waals surface area contributed by atoms with Gasteiger partial charge in [0.25, 0.3) is 10.0 Å². The SMILES string of the molecule is CCNC(=NCc1ccc(C)cc1)NCc1ccc(S(=O)(=O)N(C)C)s1.I. The van der Waals surface area contributed by atoms with Crippen LogP contribution in [0, 0.1) is 6.92 Å². The molecule has 0 radical (unpaired) electrons. The van der Waals surface area contributed by atoms with Gasteiger partial charge in [-0.05, 0) is 31.5 Å². The van der Waals surface area contributed by atoms with Crippen LogP contribution < -0.4 is 10.6 Å². The Morgan fingerprint density at radius 2 is 1.78 bits per heavy atom. The average molecular weight is 522 g/mol. The Bertz CT molecular complexity index is 847. The van der Waals surface area contributed by atoms with Crippen LogP contribution in [0.3, 0.4) is 0 Å².